The third kappa shape index (κ3) is 4.62. The standard InChI is InChI=1S/C18H24N2O5S/c21-17(19-16-8-3-1-2-7-15(16)18(22)23)12-5-4-6-14(11-12)26(24,25)20-13-9-10-13/h4-6,11,13,15-16,20H,1-3,7-10H2,(H,19,21)(H,22,23)/t15-,16+/m1/s1. The Labute approximate surface area is 153 Å². The van der Waals surface area contributed by atoms with E-state index in [9.17, 15) is 23.1 Å². The topological polar surface area (TPSA) is 113 Å². The highest BCUT2D eigenvalue weighted by Gasteiger charge is 2.31. The van der Waals surface area contributed by atoms with E-state index >= 15 is 0 Å². The van der Waals surface area contributed by atoms with Crippen molar-refractivity contribution in [3.63, 3.8) is 0 Å². The number of carboxylic acid groups (broad SMARTS) is 1. The van der Waals surface area contributed by atoms with Crippen LogP contribution < -0.4 is 10.0 Å². The molecule has 0 heterocycles. The lowest BCUT2D eigenvalue weighted by atomic mass is 9.94. The average molecular weight is 380 g/mol. The number of hydrogen-bond donors (Lipinski definition) is 3. The van der Waals surface area contributed by atoms with Crippen molar-refractivity contribution in [1.29, 1.82) is 0 Å². The summed E-state index contributed by atoms with van der Waals surface area (Å²) in [6, 6.07) is 5.41. The number of amides is 1. The SMILES string of the molecule is O=C(N[C@H]1CCCCC[C@H]1C(=O)O)c1cccc(S(=O)(=O)NC2CC2)c1. The van der Waals surface area contributed by atoms with Crippen molar-refractivity contribution in [1.82, 2.24) is 10.0 Å². The molecule has 2 aliphatic carbocycles. The fraction of sp³-hybridized carbons (Fsp3) is 0.556. The van der Waals surface area contributed by atoms with Crippen molar-refractivity contribution >= 4 is 21.9 Å². The molecule has 26 heavy (non-hydrogen) atoms. The molecule has 0 unspecified atom stereocenters. The Morgan fingerprint density at radius 3 is 2.46 bits per heavy atom. The fourth-order valence-corrected chi connectivity index (χ4v) is 4.67. The van der Waals surface area contributed by atoms with Crippen molar-refractivity contribution < 1.29 is 23.1 Å². The summed E-state index contributed by atoms with van der Waals surface area (Å²) >= 11 is 0. The molecule has 3 N–H and O–H groups in total. The van der Waals surface area contributed by atoms with E-state index in [2.05, 4.69) is 10.0 Å². The van der Waals surface area contributed by atoms with Gasteiger partial charge in [0.15, 0.2) is 0 Å². The lowest BCUT2D eigenvalue weighted by Gasteiger charge is -2.23. The predicted octanol–water partition coefficient (Wildman–Crippen LogP) is 1.89. The van der Waals surface area contributed by atoms with Gasteiger partial charge in [-0.3, -0.25) is 9.59 Å². The first kappa shape index (κ1) is 18.8. The van der Waals surface area contributed by atoms with Gasteiger partial charge in [-0.2, -0.15) is 0 Å². The average Bonchev–Trinajstić information content (AvgIpc) is 3.42. The second kappa shape index (κ2) is 7.75. The van der Waals surface area contributed by atoms with Gasteiger partial charge in [0.2, 0.25) is 10.0 Å². The summed E-state index contributed by atoms with van der Waals surface area (Å²) in [4.78, 5) is 24.1. The molecule has 2 aliphatic rings. The van der Waals surface area contributed by atoms with Crippen molar-refractivity contribution in [2.75, 3.05) is 0 Å². The van der Waals surface area contributed by atoms with Crippen molar-refractivity contribution in [3.8, 4) is 0 Å². The van der Waals surface area contributed by atoms with Crippen LogP contribution >= 0.6 is 0 Å². The van der Waals surface area contributed by atoms with E-state index in [-0.39, 0.29) is 16.5 Å². The molecule has 0 radical (unpaired) electrons. The summed E-state index contributed by atoms with van der Waals surface area (Å²) in [5.74, 6) is -1.95. The van der Waals surface area contributed by atoms with Crippen LogP contribution in [0.15, 0.2) is 29.2 Å². The molecule has 3 rings (SSSR count). The van der Waals surface area contributed by atoms with E-state index in [4.69, 9.17) is 0 Å². The highest BCUT2D eigenvalue weighted by atomic mass is 32.2. The molecule has 1 aromatic carbocycles. The highest BCUT2D eigenvalue weighted by molar-refractivity contribution is 7.89. The van der Waals surface area contributed by atoms with Crippen LogP contribution in [-0.4, -0.2) is 37.5 Å². The number of nitrogens with one attached hydrogen (secondary N) is 2. The van der Waals surface area contributed by atoms with Gasteiger partial charge in [-0.1, -0.05) is 25.3 Å². The molecule has 1 aromatic rings. The lowest BCUT2D eigenvalue weighted by molar-refractivity contribution is -0.142. The van der Waals surface area contributed by atoms with Crippen LogP contribution in [0.3, 0.4) is 0 Å². The predicted molar refractivity (Wildman–Crippen MR) is 95.3 cm³/mol. The molecule has 0 aromatic heterocycles. The molecule has 2 atom stereocenters. The van der Waals surface area contributed by atoms with Crippen molar-refractivity contribution in [2.24, 2.45) is 5.92 Å². The maximum absolute atomic E-state index is 12.6. The third-order valence-corrected chi connectivity index (χ3v) is 6.47. The molecular formula is C18H24N2O5S. The van der Waals surface area contributed by atoms with Gasteiger partial charge in [0.25, 0.3) is 5.91 Å². The smallest absolute Gasteiger partial charge is 0.308 e. The summed E-state index contributed by atoms with van der Waals surface area (Å²) in [5.41, 5.74) is 0.219. The Kier molecular flexibility index (Phi) is 5.62. The van der Waals surface area contributed by atoms with E-state index in [1.54, 1.807) is 0 Å². The molecular weight excluding hydrogens is 356 g/mol. The quantitative estimate of drug-likeness (QED) is 0.653. The van der Waals surface area contributed by atoms with Gasteiger partial charge in [-0.15, -0.1) is 0 Å². The molecule has 2 saturated carbocycles. The summed E-state index contributed by atoms with van der Waals surface area (Å²) in [5, 5.41) is 12.2. The number of carboxylic acids is 1. The van der Waals surface area contributed by atoms with Gasteiger partial charge in [0.05, 0.1) is 10.8 Å². The number of aliphatic carboxylic acids is 1. The minimum Gasteiger partial charge on any atom is -0.481 e. The number of carbonyl (C=O) groups excluding carboxylic acids is 1. The molecule has 7 nitrogen and oxygen atoms in total. The van der Waals surface area contributed by atoms with Crippen molar-refractivity contribution in [2.45, 2.75) is 61.9 Å². The van der Waals surface area contributed by atoms with Gasteiger partial charge >= 0.3 is 5.97 Å². The van der Waals surface area contributed by atoms with Crippen molar-refractivity contribution in [3.05, 3.63) is 29.8 Å². The van der Waals surface area contributed by atoms with Gasteiger partial charge in [-0.25, -0.2) is 13.1 Å². The second-order valence-electron chi connectivity index (χ2n) is 7.09. The number of carbonyl (C=O) groups is 2. The zero-order chi connectivity index (χ0) is 18.7. The molecule has 1 amide bonds. The first-order valence-corrected chi connectivity index (χ1v) is 10.5. The minimum absolute atomic E-state index is 0.0141. The Bertz CT molecular complexity index is 789. The normalized spacial score (nSPS) is 23.8. The molecule has 0 bridgehead atoms. The van der Waals surface area contributed by atoms with Crippen LogP contribution in [0.25, 0.3) is 0 Å². The number of hydrogen-bond acceptors (Lipinski definition) is 4. The second-order valence-corrected chi connectivity index (χ2v) is 8.80. The Balaban J connectivity index is 1.74. The molecule has 0 saturated heterocycles. The summed E-state index contributed by atoms with van der Waals surface area (Å²) < 4.78 is 27.2. The van der Waals surface area contributed by atoms with Gasteiger partial charge < -0.3 is 10.4 Å². The first-order chi connectivity index (χ1) is 12.4. The molecule has 0 spiro atoms. The fourth-order valence-electron chi connectivity index (χ4n) is 3.32. The van der Waals surface area contributed by atoms with E-state index < -0.39 is 33.9 Å². The van der Waals surface area contributed by atoms with E-state index in [1.165, 1.54) is 24.3 Å². The van der Waals surface area contributed by atoms with Crippen LogP contribution in [0.2, 0.25) is 0 Å². The van der Waals surface area contributed by atoms with Gasteiger partial charge in [0.1, 0.15) is 0 Å². The first-order valence-electron chi connectivity index (χ1n) is 9.03. The summed E-state index contributed by atoms with van der Waals surface area (Å²) in [7, 11) is -3.64. The molecule has 2 fully saturated rings. The highest BCUT2D eigenvalue weighted by Crippen LogP contribution is 2.25. The Hall–Kier alpha value is -1.93. The summed E-state index contributed by atoms with van der Waals surface area (Å²) in [6.45, 7) is 0. The van der Waals surface area contributed by atoms with E-state index in [1.807, 2.05) is 0 Å². The van der Waals surface area contributed by atoms with Gasteiger partial charge in [0, 0.05) is 17.6 Å². The van der Waals surface area contributed by atoms with Crippen LogP contribution in [-0.2, 0) is 14.8 Å². The summed E-state index contributed by atoms with van der Waals surface area (Å²) in [6.07, 6.45) is 5.48. The maximum Gasteiger partial charge on any atom is 0.308 e. The monoisotopic (exact) mass is 380 g/mol. The van der Waals surface area contributed by atoms with E-state index in [0.29, 0.717) is 12.8 Å². The Morgan fingerprint density at radius 2 is 1.77 bits per heavy atom. The van der Waals surface area contributed by atoms with E-state index in [0.717, 1.165) is 32.1 Å². The maximum atomic E-state index is 12.6. The van der Waals surface area contributed by atoms with Crippen LogP contribution in [0.5, 0.6) is 0 Å². The third-order valence-electron chi connectivity index (χ3n) is 4.96. The molecule has 142 valence electrons. The minimum atomic E-state index is -3.64. The zero-order valence-corrected chi connectivity index (χ0v) is 15.3. The Morgan fingerprint density at radius 1 is 1.04 bits per heavy atom. The van der Waals surface area contributed by atoms with Crippen LogP contribution in [0, 0.1) is 5.92 Å². The molecule has 0 aliphatic heterocycles. The largest absolute Gasteiger partial charge is 0.481 e. The lowest BCUT2D eigenvalue weighted by Crippen LogP contribution is -2.42. The van der Waals surface area contributed by atoms with Crippen LogP contribution in [0.1, 0.15) is 55.3 Å². The zero-order valence-electron chi connectivity index (χ0n) is 14.5. The van der Waals surface area contributed by atoms with Gasteiger partial charge in [-0.05, 0) is 43.9 Å². The number of benzene rings is 1. The number of sulfonamides is 1. The molecule has 8 heteroatoms. The van der Waals surface area contributed by atoms with Crippen LogP contribution in [0.4, 0.5) is 0 Å². The number of rotatable bonds is 6.